The Morgan fingerprint density at radius 3 is 2.16 bits per heavy atom. The molecular weight excluding hydrogens is 474 g/mol. The molecule has 0 atom stereocenters. The zero-order valence-corrected chi connectivity index (χ0v) is 17.0. The zero-order valence-electron chi connectivity index (χ0n) is 15.5. The van der Waals surface area contributed by atoms with E-state index in [1.165, 1.54) is 17.4 Å². The van der Waals surface area contributed by atoms with Crippen LogP contribution in [0.15, 0.2) is 53.4 Å². The Balaban J connectivity index is 2.41. The smallest absolute Gasteiger partial charge is 0.346 e. The van der Waals surface area contributed by atoms with E-state index in [4.69, 9.17) is 11.6 Å². The lowest BCUT2D eigenvalue weighted by Crippen LogP contribution is -2.43. The second kappa shape index (κ2) is 9.45. The molecule has 0 saturated carbocycles. The Morgan fingerprint density at radius 2 is 1.61 bits per heavy atom. The Kier molecular flexibility index (Phi) is 7.61. The number of nitrogens with one attached hydrogen (secondary N) is 1. The van der Waals surface area contributed by atoms with Crippen molar-refractivity contribution in [3.05, 3.63) is 64.7 Å². The highest BCUT2D eigenvalue weighted by atomic mass is 35.5. The lowest BCUT2D eigenvalue weighted by molar-refractivity contribution is -0.138. The van der Waals surface area contributed by atoms with Gasteiger partial charge in [-0.3, -0.25) is 4.79 Å². The lowest BCUT2D eigenvalue weighted by Gasteiger charge is -2.23. The number of carbonyl (C=O) groups is 1. The normalized spacial score (nSPS) is 12.8. The Hall–Kier alpha value is -2.31. The van der Waals surface area contributed by atoms with E-state index >= 15 is 0 Å². The number of halogens is 7. The molecule has 0 aliphatic rings. The molecule has 0 saturated heterocycles. The molecule has 1 amide bonds. The maximum atomic E-state index is 13.1. The Labute approximate surface area is 178 Å². The fourth-order valence-corrected chi connectivity index (χ4v) is 4.09. The molecule has 0 heterocycles. The van der Waals surface area contributed by atoms with Crippen LogP contribution in [0.3, 0.4) is 0 Å². The molecule has 0 bridgehead atoms. The number of nitrogens with zero attached hydrogens (tertiary/aromatic N) is 1. The van der Waals surface area contributed by atoms with E-state index < -0.39 is 63.4 Å². The quantitative estimate of drug-likeness (QED) is 0.593. The van der Waals surface area contributed by atoms with Gasteiger partial charge in [0.1, 0.15) is 6.54 Å². The van der Waals surface area contributed by atoms with Gasteiger partial charge in [0, 0.05) is 6.54 Å². The van der Waals surface area contributed by atoms with Crippen LogP contribution in [-0.2, 0) is 27.5 Å². The summed E-state index contributed by atoms with van der Waals surface area (Å²) < 4.78 is 103. The first-order valence-corrected chi connectivity index (χ1v) is 10.3. The van der Waals surface area contributed by atoms with Crippen LogP contribution in [0, 0.1) is 0 Å². The average Bonchev–Trinajstić information content (AvgIpc) is 2.65. The number of alkyl halides is 6. The monoisotopic (exact) mass is 488 g/mol. The molecule has 0 radical (unpaired) electrons. The third-order valence-electron chi connectivity index (χ3n) is 3.89. The molecule has 0 aromatic heterocycles. The Morgan fingerprint density at radius 1 is 1.00 bits per heavy atom. The van der Waals surface area contributed by atoms with Gasteiger partial charge in [0.05, 0.1) is 22.0 Å². The highest BCUT2D eigenvalue weighted by Crippen LogP contribution is 2.36. The van der Waals surface area contributed by atoms with Crippen LogP contribution < -0.4 is 5.32 Å². The van der Waals surface area contributed by atoms with Gasteiger partial charge in [0.15, 0.2) is 0 Å². The third-order valence-corrected chi connectivity index (χ3v) is 6.01. The summed E-state index contributed by atoms with van der Waals surface area (Å²) in [5.41, 5.74) is -1.05. The zero-order chi connectivity index (χ0) is 23.4. The van der Waals surface area contributed by atoms with Crippen molar-refractivity contribution in [3.8, 4) is 0 Å². The summed E-state index contributed by atoms with van der Waals surface area (Å²) in [6.45, 7) is -3.20. The van der Waals surface area contributed by atoms with Crippen molar-refractivity contribution < 1.29 is 39.6 Å². The number of amides is 1. The number of benzene rings is 2. The first-order chi connectivity index (χ1) is 14.2. The van der Waals surface area contributed by atoms with E-state index in [2.05, 4.69) is 0 Å². The second-order valence-corrected chi connectivity index (χ2v) is 8.64. The Bertz CT molecular complexity index is 1030. The lowest BCUT2D eigenvalue weighted by atomic mass is 10.2. The summed E-state index contributed by atoms with van der Waals surface area (Å²) >= 11 is 5.51. The van der Waals surface area contributed by atoms with Crippen LogP contribution in [0.2, 0.25) is 5.02 Å². The van der Waals surface area contributed by atoms with Gasteiger partial charge in [-0.1, -0.05) is 41.9 Å². The number of rotatable bonds is 7. The SMILES string of the molecule is O=C(CN(Cc1ccccc1)S(=O)(=O)c1ccc(Cl)c(C(F)(F)F)c1)NCC(F)(F)F. The van der Waals surface area contributed by atoms with Crippen LogP contribution in [0.1, 0.15) is 11.1 Å². The van der Waals surface area contributed by atoms with Crippen molar-refractivity contribution in [2.75, 3.05) is 13.1 Å². The van der Waals surface area contributed by atoms with Gasteiger partial charge >= 0.3 is 12.4 Å². The summed E-state index contributed by atoms with van der Waals surface area (Å²) in [6.07, 6.45) is -9.67. The molecule has 0 aliphatic carbocycles. The van der Waals surface area contributed by atoms with E-state index in [0.717, 1.165) is 12.1 Å². The molecule has 31 heavy (non-hydrogen) atoms. The van der Waals surface area contributed by atoms with Crippen molar-refractivity contribution >= 4 is 27.5 Å². The topological polar surface area (TPSA) is 66.5 Å². The maximum Gasteiger partial charge on any atom is 0.417 e. The predicted octanol–water partition coefficient (Wildman–Crippen LogP) is 4.23. The van der Waals surface area contributed by atoms with E-state index in [0.29, 0.717) is 15.9 Å². The fraction of sp³-hybridized carbons (Fsp3) is 0.278. The molecule has 170 valence electrons. The van der Waals surface area contributed by atoms with Crippen LogP contribution in [0.5, 0.6) is 0 Å². The fourth-order valence-electron chi connectivity index (χ4n) is 2.46. The average molecular weight is 489 g/mol. The van der Waals surface area contributed by atoms with Gasteiger partial charge in [0.25, 0.3) is 0 Å². The molecule has 0 spiro atoms. The number of hydrogen-bond donors (Lipinski definition) is 1. The standard InChI is InChI=1S/C18H15ClF6N2O3S/c19-15-7-6-13(8-14(15)18(23,24)25)31(29,30)27(9-12-4-2-1-3-5-12)10-16(28)26-11-17(20,21)22/h1-8H,9-11H2,(H,26,28). The van der Waals surface area contributed by atoms with Crippen LogP contribution in [-0.4, -0.2) is 37.9 Å². The number of hydrogen-bond acceptors (Lipinski definition) is 3. The molecule has 0 unspecified atom stereocenters. The summed E-state index contributed by atoms with van der Waals surface area (Å²) in [4.78, 5) is 11.1. The largest absolute Gasteiger partial charge is 0.417 e. The predicted molar refractivity (Wildman–Crippen MR) is 99.6 cm³/mol. The highest BCUT2D eigenvalue weighted by Gasteiger charge is 2.36. The summed E-state index contributed by atoms with van der Waals surface area (Å²) in [6, 6.07) is 9.55. The molecule has 0 fully saturated rings. The molecule has 13 heteroatoms. The van der Waals surface area contributed by atoms with Crippen molar-refractivity contribution in [1.82, 2.24) is 9.62 Å². The minimum atomic E-state index is -4.95. The molecule has 1 N–H and O–H groups in total. The first-order valence-electron chi connectivity index (χ1n) is 8.44. The summed E-state index contributed by atoms with van der Waals surface area (Å²) in [5, 5.41) is 0.804. The molecular formula is C18H15ClF6N2O3S. The van der Waals surface area contributed by atoms with Gasteiger partial charge in [-0.2, -0.15) is 30.6 Å². The van der Waals surface area contributed by atoms with Crippen LogP contribution >= 0.6 is 11.6 Å². The first kappa shape index (κ1) is 25.0. The van der Waals surface area contributed by atoms with E-state index in [1.807, 2.05) is 0 Å². The van der Waals surface area contributed by atoms with Gasteiger partial charge in [-0.15, -0.1) is 0 Å². The van der Waals surface area contributed by atoms with Gasteiger partial charge in [-0.25, -0.2) is 8.42 Å². The summed E-state index contributed by atoms with van der Waals surface area (Å²) in [7, 11) is -4.72. The third kappa shape index (κ3) is 7.11. The number of carbonyl (C=O) groups excluding carboxylic acids is 1. The maximum absolute atomic E-state index is 13.1. The highest BCUT2D eigenvalue weighted by molar-refractivity contribution is 7.89. The molecule has 2 aromatic rings. The molecule has 2 aromatic carbocycles. The van der Waals surface area contributed by atoms with E-state index in [1.54, 1.807) is 18.2 Å². The summed E-state index contributed by atoms with van der Waals surface area (Å²) in [5.74, 6) is -1.28. The molecule has 5 nitrogen and oxygen atoms in total. The van der Waals surface area contributed by atoms with Crippen molar-refractivity contribution in [1.29, 1.82) is 0 Å². The van der Waals surface area contributed by atoms with Crippen molar-refractivity contribution in [3.63, 3.8) is 0 Å². The van der Waals surface area contributed by atoms with E-state index in [-0.39, 0.29) is 0 Å². The molecule has 2 rings (SSSR count). The second-order valence-electron chi connectivity index (χ2n) is 6.29. The van der Waals surface area contributed by atoms with Crippen molar-refractivity contribution in [2.24, 2.45) is 0 Å². The van der Waals surface area contributed by atoms with Gasteiger partial charge < -0.3 is 5.32 Å². The molecule has 0 aliphatic heterocycles. The minimum Gasteiger partial charge on any atom is -0.346 e. The van der Waals surface area contributed by atoms with Crippen molar-refractivity contribution in [2.45, 2.75) is 23.8 Å². The van der Waals surface area contributed by atoms with E-state index in [9.17, 15) is 39.6 Å². The van der Waals surface area contributed by atoms with Gasteiger partial charge in [0.2, 0.25) is 15.9 Å². The minimum absolute atomic E-state index is 0.309. The van der Waals surface area contributed by atoms with Crippen LogP contribution in [0.4, 0.5) is 26.3 Å². The number of sulfonamides is 1. The van der Waals surface area contributed by atoms with Gasteiger partial charge in [-0.05, 0) is 23.8 Å². The van der Waals surface area contributed by atoms with Crippen LogP contribution in [0.25, 0.3) is 0 Å².